The Labute approximate surface area is 114 Å². The molecular weight excluding hydrogens is 268 g/mol. The summed E-state index contributed by atoms with van der Waals surface area (Å²) < 4.78 is 22.6. The zero-order valence-electron chi connectivity index (χ0n) is 11.4. The molecule has 6 nitrogen and oxygen atoms in total. The Morgan fingerprint density at radius 2 is 2.11 bits per heavy atom. The average molecular weight is 290 g/mol. The molecule has 2 fully saturated rings. The molecule has 2 saturated heterocycles. The van der Waals surface area contributed by atoms with Gasteiger partial charge in [0.05, 0.1) is 23.7 Å². The van der Waals surface area contributed by atoms with Gasteiger partial charge in [0.15, 0.2) is 9.84 Å². The SMILES string of the molecule is CC(C)C1(O)CN(CC(=O)NC2CCS(=O)(=O)C2)C1. The van der Waals surface area contributed by atoms with E-state index >= 15 is 0 Å². The Balaban J connectivity index is 1.72. The number of carbonyl (C=O) groups excluding carboxylic acids is 1. The topological polar surface area (TPSA) is 86.7 Å². The van der Waals surface area contributed by atoms with Crippen LogP contribution in [0, 0.1) is 5.92 Å². The first-order valence-electron chi connectivity index (χ1n) is 6.65. The van der Waals surface area contributed by atoms with E-state index in [2.05, 4.69) is 5.32 Å². The fourth-order valence-electron chi connectivity index (χ4n) is 2.59. The van der Waals surface area contributed by atoms with E-state index in [-0.39, 0.29) is 35.9 Å². The Morgan fingerprint density at radius 1 is 1.47 bits per heavy atom. The molecule has 0 spiro atoms. The molecule has 0 saturated carbocycles. The highest BCUT2D eigenvalue weighted by molar-refractivity contribution is 7.91. The molecule has 2 N–H and O–H groups in total. The van der Waals surface area contributed by atoms with Gasteiger partial charge in [0.25, 0.3) is 0 Å². The highest BCUT2D eigenvalue weighted by atomic mass is 32.2. The van der Waals surface area contributed by atoms with Crippen molar-refractivity contribution < 1.29 is 18.3 Å². The van der Waals surface area contributed by atoms with E-state index in [0.717, 1.165) is 0 Å². The molecule has 1 amide bonds. The van der Waals surface area contributed by atoms with Gasteiger partial charge in [-0.1, -0.05) is 13.8 Å². The fraction of sp³-hybridized carbons (Fsp3) is 0.917. The number of carbonyl (C=O) groups is 1. The molecule has 1 unspecified atom stereocenters. The van der Waals surface area contributed by atoms with Crippen LogP contribution < -0.4 is 5.32 Å². The number of likely N-dealkylation sites (tertiary alicyclic amines) is 1. The summed E-state index contributed by atoms with van der Waals surface area (Å²) >= 11 is 0. The van der Waals surface area contributed by atoms with Gasteiger partial charge >= 0.3 is 0 Å². The lowest BCUT2D eigenvalue weighted by Gasteiger charge is -2.48. The molecule has 0 aromatic rings. The maximum Gasteiger partial charge on any atom is 0.234 e. The van der Waals surface area contributed by atoms with Gasteiger partial charge in [-0.05, 0) is 12.3 Å². The Morgan fingerprint density at radius 3 is 2.58 bits per heavy atom. The third kappa shape index (κ3) is 3.46. The lowest BCUT2D eigenvalue weighted by Crippen LogP contribution is -2.66. The Hall–Kier alpha value is -0.660. The predicted octanol–water partition coefficient (Wildman–Crippen LogP) is -1.01. The van der Waals surface area contributed by atoms with Crippen molar-refractivity contribution in [3.63, 3.8) is 0 Å². The molecule has 2 heterocycles. The van der Waals surface area contributed by atoms with E-state index in [1.54, 1.807) is 0 Å². The minimum atomic E-state index is -2.96. The van der Waals surface area contributed by atoms with Crippen molar-refractivity contribution >= 4 is 15.7 Å². The number of aliphatic hydroxyl groups is 1. The first kappa shape index (κ1) is 14.7. The van der Waals surface area contributed by atoms with Crippen LogP contribution in [-0.2, 0) is 14.6 Å². The third-order valence-corrected chi connectivity index (χ3v) is 5.80. The number of amides is 1. The Bertz CT molecular complexity index is 454. The van der Waals surface area contributed by atoms with Gasteiger partial charge in [-0.25, -0.2) is 8.42 Å². The van der Waals surface area contributed by atoms with E-state index in [9.17, 15) is 18.3 Å². The Kier molecular flexibility index (Phi) is 3.90. The molecule has 2 aliphatic heterocycles. The number of sulfone groups is 1. The zero-order valence-corrected chi connectivity index (χ0v) is 12.2. The van der Waals surface area contributed by atoms with Crippen LogP contribution in [0.1, 0.15) is 20.3 Å². The largest absolute Gasteiger partial charge is 0.387 e. The second-order valence-electron chi connectivity index (χ2n) is 6.07. The van der Waals surface area contributed by atoms with Crippen molar-refractivity contribution in [2.45, 2.75) is 31.9 Å². The quantitative estimate of drug-likeness (QED) is 0.693. The van der Waals surface area contributed by atoms with E-state index in [1.807, 2.05) is 18.7 Å². The molecule has 110 valence electrons. The summed E-state index contributed by atoms with van der Waals surface area (Å²) in [5.74, 6) is 0.225. The van der Waals surface area contributed by atoms with Crippen molar-refractivity contribution in [2.75, 3.05) is 31.1 Å². The highest BCUT2D eigenvalue weighted by Gasteiger charge is 2.44. The second-order valence-corrected chi connectivity index (χ2v) is 8.30. The third-order valence-electron chi connectivity index (χ3n) is 4.03. The van der Waals surface area contributed by atoms with Crippen LogP contribution in [0.15, 0.2) is 0 Å². The molecule has 19 heavy (non-hydrogen) atoms. The number of hydrogen-bond donors (Lipinski definition) is 2. The van der Waals surface area contributed by atoms with Crippen molar-refractivity contribution in [2.24, 2.45) is 5.92 Å². The summed E-state index contributed by atoms with van der Waals surface area (Å²) in [6, 6.07) is -0.247. The van der Waals surface area contributed by atoms with E-state index in [1.165, 1.54) is 0 Å². The molecule has 2 rings (SSSR count). The summed E-state index contributed by atoms with van der Waals surface area (Å²) in [4.78, 5) is 13.6. The molecule has 0 aromatic carbocycles. The molecule has 7 heteroatoms. The maximum atomic E-state index is 11.8. The van der Waals surface area contributed by atoms with Crippen LogP contribution in [0.3, 0.4) is 0 Å². The van der Waals surface area contributed by atoms with Crippen LogP contribution in [-0.4, -0.2) is 67.1 Å². The average Bonchev–Trinajstić information content (AvgIpc) is 2.55. The first-order chi connectivity index (χ1) is 8.70. The van der Waals surface area contributed by atoms with Gasteiger partial charge in [0.2, 0.25) is 5.91 Å². The van der Waals surface area contributed by atoms with Crippen LogP contribution in [0.2, 0.25) is 0 Å². The minimum Gasteiger partial charge on any atom is -0.387 e. The highest BCUT2D eigenvalue weighted by Crippen LogP contribution is 2.28. The predicted molar refractivity (Wildman–Crippen MR) is 71.4 cm³/mol. The van der Waals surface area contributed by atoms with Crippen LogP contribution >= 0.6 is 0 Å². The summed E-state index contributed by atoms with van der Waals surface area (Å²) in [5, 5.41) is 12.8. The van der Waals surface area contributed by atoms with Gasteiger partial charge in [-0.15, -0.1) is 0 Å². The first-order valence-corrected chi connectivity index (χ1v) is 8.47. The summed E-state index contributed by atoms with van der Waals surface area (Å²) in [6.45, 7) is 5.15. The van der Waals surface area contributed by atoms with E-state index in [0.29, 0.717) is 19.5 Å². The standard InChI is InChI=1S/C12H22N2O4S/c1-9(2)12(16)7-14(8-12)5-11(15)13-10-3-4-19(17,18)6-10/h9-10,16H,3-8H2,1-2H3,(H,13,15). The second kappa shape index (κ2) is 5.03. The van der Waals surface area contributed by atoms with Crippen molar-refractivity contribution in [3.8, 4) is 0 Å². The van der Waals surface area contributed by atoms with Gasteiger partial charge in [-0.3, -0.25) is 9.69 Å². The van der Waals surface area contributed by atoms with Gasteiger partial charge < -0.3 is 10.4 Å². The fourth-order valence-corrected chi connectivity index (χ4v) is 4.26. The smallest absolute Gasteiger partial charge is 0.234 e. The van der Waals surface area contributed by atoms with Gasteiger partial charge in [0, 0.05) is 19.1 Å². The van der Waals surface area contributed by atoms with Crippen molar-refractivity contribution in [1.82, 2.24) is 10.2 Å². The van der Waals surface area contributed by atoms with Gasteiger partial charge in [-0.2, -0.15) is 0 Å². The summed E-state index contributed by atoms with van der Waals surface area (Å²) in [7, 11) is -2.96. The van der Waals surface area contributed by atoms with E-state index in [4.69, 9.17) is 0 Å². The lowest BCUT2D eigenvalue weighted by atomic mass is 9.83. The molecule has 0 bridgehead atoms. The summed E-state index contributed by atoms with van der Waals surface area (Å²) in [6.07, 6.45) is 0.504. The molecule has 2 aliphatic rings. The zero-order chi connectivity index (χ0) is 14.3. The van der Waals surface area contributed by atoms with Crippen molar-refractivity contribution in [1.29, 1.82) is 0 Å². The number of nitrogens with one attached hydrogen (secondary N) is 1. The molecular formula is C12H22N2O4S. The van der Waals surface area contributed by atoms with Crippen LogP contribution in [0.25, 0.3) is 0 Å². The summed E-state index contributed by atoms with van der Waals surface area (Å²) in [5.41, 5.74) is -0.684. The normalized spacial score (nSPS) is 29.2. The maximum absolute atomic E-state index is 11.8. The number of β-amino-alcohol motifs (C(OH)–C–C–N with tert-alkyl or cyclic N) is 1. The van der Waals surface area contributed by atoms with Crippen LogP contribution in [0.4, 0.5) is 0 Å². The van der Waals surface area contributed by atoms with Crippen LogP contribution in [0.5, 0.6) is 0 Å². The van der Waals surface area contributed by atoms with E-state index < -0.39 is 15.4 Å². The monoisotopic (exact) mass is 290 g/mol. The number of hydrogen-bond acceptors (Lipinski definition) is 5. The minimum absolute atomic E-state index is 0.0503. The molecule has 0 aromatic heterocycles. The molecule has 0 radical (unpaired) electrons. The number of nitrogens with zero attached hydrogens (tertiary/aromatic N) is 1. The number of rotatable bonds is 4. The molecule has 0 aliphatic carbocycles. The van der Waals surface area contributed by atoms with Gasteiger partial charge in [0.1, 0.15) is 0 Å². The molecule has 1 atom stereocenters. The van der Waals surface area contributed by atoms with Crippen molar-refractivity contribution in [3.05, 3.63) is 0 Å². The lowest BCUT2D eigenvalue weighted by molar-refractivity contribution is -0.142.